The Morgan fingerprint density at radius 1 is 1.27 bits per heavy atom. The second kappa shape index (κ2) is 11.3. The number of nitrogens with zero attached hydrogens (tertiary/aromatic N) is 1. The number of unbranched alkanes of at least 4 members (excludes halogenated alkanes) is 1. The first kappa shape index (κ1) is 18.8. The fraction of sp³-hybridized carbons (Fsp3) is 0.562. The second-order valence-electron chi connectivity index (χ2n) is 4.86. The number of methoxy groups -OCH3 is 1. The van der Waals surface area contributed by atoms with Crippen molar-refractivity contribution in [1.29, 1.82) is 0 Å². The highest BCUT2D eigenvalue weighted by molar-refractivity contribution is 7.98. The third kappa shape index (κ3) is 7.13. The lowest BCUT2D eigenvalue weighted by atomic mass is 10.1. The van der Waals surface area contributed by atoms with Crippen LogP contribution in [0.4, 0.5) is 4.39 Å². The fourth-order valence-electron chi connectivity index (χ4n) is 2.00. The van der Waals surface area contributed by atoms with Crippen LogP contribution in [0.5, 0.6) is 0 Å². The predicted octanol–water partition coefficient (Wildman–Crippen LogP) is 2.82. The number of thioether (sulfide) groups is 1. The number of nitrogens with one attached hydrogen (secondary N) is 2. The van der Waals surface area contributed by atoms with Crippen molar-refractivity contribution >= 4 is 17.7 Å². The Morgan fingerprint density at radius 3 is 2.59 bits per heavy atom. The average molecular weight is 327 g/mol. The Balaban J connectivity index is 2.38. The van der Waals surface area contributed by atoms with Gasteiger partial charge in [-0.25, -0.2) is 4.39 Å². The molecule has 0 fully saturated rings. The van der Waals surface area contributed by atoms with E-state index in [1.807, 2.05) is 11.8 Å². The van der Waals surface area contributed by atoms with Gasteiger partial charge < -0.3 is 15.4 Å². The molecule has 1 aromatic rings. The SMILES string of the molecule is CN=C(NCCCCSC)NCC(OC)c1ccc(F)cc1. The highest BCUT2D eigenvalue weighted by Crippen LogP contribution is 2.15. The summed E-state index contributed by atoms with van der Waals surface area (Å²) in [6.45, 7) is 1.47. The largest absolute Gasteiger partial charge is 0.375 e. The zero-order valence-corrected chi connectivity index (χ0v) is 14.4. The van der Waals surface area contributed by atoms with Crippen molar-refractivity contribution in [3.05, 3.63) is 35.6 Å². The molecule has 0 aliphatic rings. The van der Waals surface area contributed by atoms with E-state index >= 15 is 0 Å². The molecule has 6 heteroatoms. The van der Waals surface area contributed by atoms with E-state index in [-0.39, 0.29) is 11.9 Å². The van der Waals surface area contributed by atoms with E-state index in [9.17, 15) is 4.39 Å². The Labute approximate surface area is 136 Å². The molecule has 1 atom stereocenters. The van der Waals surface area contributed by atoms with Crippen LogP contribution in [0.1, 0.15) is 24.5 Å². The van der Waals surface area contributed by atoms with Gasteiger partial charge in [-0.05, 0) is 42.5 Å². The van der Waals surface area contributed by atoms with Gasteiger partial charge in [-0.1, -0.05) is 12.1 Å². The summed E-state index contributed by atoms with van der Waals surface area (Å²) < 4.78 is 18.4. The molecule has 0 saturated carbocycles. The Morgan fingerprint density at radius 2 is 2.00 bits per heavy atom. The van der Waals surface area contributed by atoms with Gasteiger partial charge >= 0.3 is 0 Å². The molecule has 1 aromatic carbocycles. The van der Waals surface area contributed by atoms with Crippen LogP contribution in [0.15, 0.2) is 29.3 Å². The van der Waals surface area contributed by atoms with Gasteiger partial charge in [-0.3, -0.25) is 4.99 Å². The summed E-state index contributed by atoms with van der Waals surface area (Å²) in [7, 11) is 3.39. The minimum Gasteiger partial charge on any atom is -0.375 e. The molecule has 1 unspecified atom stereocenters. The summed E-state index contributed by atoms with van der Waals surface area (Å²) in [5.41, 5.74) is 0.937. The van der Waals surface area contributed by atoms with Crippen LogP contribution in [0.3, 0.4) is 0 Å². The molecule has 22 heavy (non-hydrogen) atoms. The number of halogens is 1. The van der Waals surface area contributed by atoms with Gasteiger partial charge in [0, 0.05) is 27.2 Å². The molecule has 124 valence electrons. The van der Waals surface area contributed by atoms with E-state index in [2.05, 4.69) is 21.9 Å². The monoisotopic (exact) mass is 327 g/mol. The normalized spacial score (nSPS) is 13.0. The van der Waals surface area contributed by atoms with Crippen molar-refractivity contribution in [3.63, 3.8) is 0 Å². The van der Waals surface area contributed by atoms with Crippen molar-refractivity contribution in [3.8, 4) is 0 Å². The van der Waals surface area contributed by atoms with Crippen LogP contribution in [0, 0.1) is 5.82 Å². The second-order valence-corrected chi connectivity index (χ2v) is 5.84. The zero-order chi connectivity index (χ0) is 16.2. The van der Waals surface area contributed by atoms with Crippen LogP contribution in [-0.2, 0) is 4.74 Å². The van der Waals surface area contributed by atoms with E-state index in [4.69, 9.17) is 4.74 Å². The topological polar surface area (TPSA) is 45.7 Å². The number of hydrogen-bond acceptors (Lipinski definition) is 3. The quantitative estimate of drug-likeness (QED) is 0.416. The third-order valence-electron chi connectivity index (χ3n) is 3.27. The van der Waals surface area contributed by atoms with Crippen molar-refractivity contribution in [1.82, 2.24) is 10.6 Å². The van der Waals surface area contributed by atoms with Gasteiger partial charge in [0.25, 0.3) is 0 Å². The summed E-state index contributed by atoms with van der Waals surface area (Å²) in [5.74, 6) is 1.70. The van der Waals surface area contributed by atoms with E-state index < -0.39 is 0 Å². The summed E-state index contributed by atoms with van der Waals surface area (Å²) >= 11 is 1.87. The highest BCUT2D eigenvalue weighted by atomic mass is 32.2. The van der Waals surface area contributed by atoms with Crippen LogP contribution < -0.4 is 10.6 Å². The molecule has 0 saturated heterocycles. The molecule has 0 aromatic heterocycles. The molecule has 0 bridgehead atoms. The first-order valence-corrected chi connectivity index (χ1v) is 8.82. The Kier molecular flexibility index (Phi) is 9.66. The lowest BCUT2D eigenvalue weighted by Gasteiger charge is -2.18. The summed E-state index contributed by atoms with van der Waals surface area (Å²) in [6, 6.07) is 6.37. The average Bonchev–Trinajstić information content (AvgIpc) is 2.54. The minimum atomic E-state index is -0.241. The summed E-state index contributed by atoms with van der Waals surface area (Å²) in [6.07, 6.45) is 4.29. The first-order chi connectivity index (χ1) is 10.7. The van der Waals surface area contributed by atoms with Gasteiger partial charge in [0.2, 0.25) is 0 Å². The maximum atomic E-state index is 13.0. The zero-order valence-electron chi connectivity index (χ0n) is 13.6. The van der Waals surface area contributed by atoms with Gasteiger partial charge in [0.15, 0.2) is 5.96 Å². The number of hydrogen-bond donors (Lipinski definition) is 2. The summed E-state index contributed by atoms with van der Waals surface area (Å²) in [5, 5.41) is 6.52. The molecule has 2 N–H and O–H groups in total. The van der Waals surface area contributed by atoms with Gasteiger partial charge in [-0.15, -0.1) is 0 Å². The van der Waals surface area contributed by atoms with Crippen LogP contribution >= 0.6 is 11.8 Å². The Bertz CT molecular complexity index is 440. The molecule has 0 heterocycles. The van der Waals surface area contributed by atoms with Gasteiger partial charge in [0.1, 0.15) is 5.82 Å². The molecular formula is C16H26FN3OS. The number of aliphatic imine (C=N–C) groups is 1. The van der Waals surface area contributed by atoms with Crippen molar-refractivity contribution in [2.75, 3.05) is 39.3 Å². The number of rotatable bonds is 9. The first-order valence-electron chi connectivity index (χ1n) is 7.43. The molecule has 0 aliphatic carbocycles. The predicted molar refractivity (Wildman–Crippen MR) is 93.1 cm³/mol. The Hall–Kier alpha value is -1.27. The van der Waals surface area contributed by atoms with Gasteiger partial charge in [0.05, 0.1) is 6.10 Å². The highest BCUT2D eigenvalue weighted by Gasteiger charge is 2.11. The van der Waals surface area contributed by atoms with Gasteiger partial charge in [-0.2, -0.15) is 11.8 Å². The van der Waals surface area contributed by atoms with E-state index in [1.165, 1.54) is 24.3 Å². The van der Waals surface area contributed by atoms with Crippen molar-refractivity contribution in [2.24, 2.45) is 4.99 Å². The lowest BCUT2D eigenvalue weighted by Crippen LogP contribution is -2.40. The van der Waals surface area contributed by atoms with E-state index in [0.717, 1.165) is 24.5 Å². The minimum absolute atomic E-state index is 0.143. The van der Waals surface area contributed by atoms with E-state index in [0.29, 0.717) is 6.54 Å². The molecule has 0 aliphatic heterocycles. The van der Waals surface area contributed by atoms with Crippen LogP contribution in [0.25, 0.3) is 0 Å². The lowest BCUT2D eigenvalue weighted by molar-refractivity contribution is 0.106. The third-order valence-corrected chi connectivity index (χ3v) is 3.97. The van der Waals surface area contributed by atoms with Crippen LogP contribution in [-0.4, -0.2) is 45.2 Å². The maximum absolute atomic E-state index is 13.0. The molecule has 4 nitrogen and oxygen atoms in total. The smallest absolute Gasteiger partial charge is 0.191 e. The summed E-state index contributed by atoms with van der Waals surface area (Å²) in [4.78, 5) is 4.19. The number of ether oxygens (including phenoxy) is 1. The molecule has 0 amide bonds. The molecule has 0 spiro atoms. The molecule has 1 rings (SSSR count). The van der Waals surface area contributed by atoms with E-state index in [1.54, 1.807) is 26.3 Å². The number of benzene rings is 1. The molecule has 0 radical (unpaired) electrons. The van der Waals surface area contributed by atoms with Crippen molar-refractivity contribution in [2.45, 2.75) is 18.9 Å². The number of guanidine groups is 1. The maximum Gasteiger partial charge on any atom is 0.191 e. The standard InChI is InChI=1S/C16H26FN3OS/c1-18-16(19-10-4-5-11-22-3)20-12-15(21-2)13-6-8-14(17)9-7-13/h6-9,15H,4-5,10-12H2,1-3H3,(H2,18,19,20). The molecular weight excluding hydrogens is 301 g/mol. The van der Waals surface area contributed by atoms with Crippen molar-refractivity contribution < 1.29 is 9.13 Å². The van der Waals surface area contributed by atoms with Crippen LogP contribution in [0.2, 0.25) is 0 Å². The fourth-order valence-corrected chi connectivity index (χ4v) is 2.50.